The van der Waals surface area contributed by atoms with E-state index in [1.807, 2.05) is 31.2 Å². The normalized spacial score (nSPS) is 13.4. The fourth-order valence-corrected chi connectivity index (χ4v) is 3.06. The van der Waals surface area contributed by atoms with Gasteiger partial charge in [0, 0.05) is 11.4 Å². The molecule has 2 aromatic rings. The fraction of sp³-hybridized carbons (Fsp3) is 0.400. The van der Waals surface area contributed by atoms with Crippen LogP contribution in [0.2, 0.25) is 0 Å². The van der Waals surface area contributed by atoms with Crippen LogP contribution in [0.1, 0.15) is 52.6 Å². The monoisotopic (exact) mass is 309 g/mol. The molecule has 0 amide bonds. The van der Waals surface area contributed by atoms with Crippen molar-refractivity contribution in [2.24, 2.45) is 0 Å². The maximum atomic E-state index is 11.6. The van der Waals surface area contributed by atoms with Crippen LogP contribution in [0.3, 0.4) is 0 Å². The molecule has 0 saturated carbocycles. The molecule has 3 heteroatoms. The smallest absolute Gasteiger partial charge is 0.338 e. The Hall–Kier alpha value is -2.16. The average molecular weight is 309 g/mol. The number of rotatable bonds is 5. The van der Waals surface area contributed by atoms with Gasteiger partial charge in [-0.25, -0.2) is 4.79 Å². The summed E-state index contributed by atoms with van der Waals surface area (Å²) in [7, 11) is 0. The zero-order chi connectivity index (χ0) is 16.1. The van der Waals surface area contributed by atoms with Gasteiger partial charge in [0.15, 0.2) is 0 Å². The van der Waals surface area contributed by atoms with Gasteiger partial charge in [0.05, 0.1) is 12.2 Å². The molecule has 0 atom stereocenters. The predicted octanol–water partition coefficient (Wildman–Crippen LogP) is 3.92. The summed E-state index contributed by atoms with van der Waals surface area (Å²) >= 11 is 0. The predicted molar refractivity (Wildman–Crippen MR) is 90.7 cm³/mol. The van der Waals surface area contributed by atoms with Gasteiger partial charge >= 0.3 is 5.97 Å². The lowest BCUT2D eigenvalue weighted by Gasteiger charge is -2.15. The van der Waals surface area contributed by atoms with Gasteiger partial charge in [-0.15, -0.1) is 0 Å². The summed E-state index contributed by atoms with van der Waals surface area (Å²) in [6.07, 6.45) is 6.73. The molecule has 1 heterocycles. The molecular formula is C20H23NO2. The Kier molecular flexibility index (Phi) is 5.06. The molecule has 1 aliphatic carbocycles. The number of nitrogens with zero attached hydrogens (tertiary/aromatic N) is 1. The van der Waals surface area contributed by atoms with Crippen LogP contribution in [0.15, 0.2) is 36.4 Å². The Morgan fingerprint density at radius 3 is 2.61 bits per heavy atom. The van der Waals surface area contributed by atoms with Crippen molar-refractivity contribution in [1.82, 2.24) is 4.98 Å². The minimum Gasteiger partial charge on any atom is -0.462 e. The largest absolute Gasteiger partial charge is 0.462 e. The molecule has 3 nitrogen and oxygen atoms in total. The Morgan fingerprint density at radius 1 is 1.04 bits per heavy atom. The number of carbonyl (C=O) groups is 1. The van der Waals surface area contributed by atoms with E-state index in [-0.39, 0.29) is 5.97 Å². The molecule has 0 unspecified atom stereocenters. The maximum absolute atomic E-state index is 11.6. The molecule has 0 aliphatic heterocycles. The molecule has 0 spiro atoms. The van der Waals surface area contributed by atoms with E-state index in [1.54, 1.807) is 0 Å². The minimum absolute atomic E-state index is 0.254. The second-order valence-electron chi connectivity index (χ2n) is 6.03. The van der Waals surface area contributed by atoms with E-state index >= 15 is 0 Å². The summed E-state index contributed by atoms with van der Waals surface area (Å²) in [5.74, 6) is -0.254. The van der Waals surface area contributed by atoms with Gasteiger partial charge in [0.2, 0.25) is 0 Å². The molecule has 1 aliphatic rings. The first-order valence-electron chi connectivity index (χ1n) is 8.50. The van der Waals surface area contributed by atoms with E-state index in [9.17, 15) is 4.79 Å². The number of hydrogen-bond acceptors (Lipinski definition) is 3. The lowest BCUT2D eigenvalue weighted by atomic mass is 9.95. The number of fused-ring (bicyclic) bond motifs is 1. The first kappa shape index (κ1) is 15.7. The maximum Gasteiger partial charge on any atom is 0.338 e. The van der Waals surface area contributed by atoms with Crippen molar-refractivity contribution in [1.29, 1.82) is 0 Å². The zero-order valence-electron chi connectivity index (χ0n) is 13.7. The van der Waals surface area contributed by atoms with Crippen LogP contribution in [0.4, 0.5) is 0 Å². The lowest BCUT2D eigenvalue weighted by Crippen LogP contribution is -2.07. The average Bonchev–Trinajstić information content (AvgIpc) is 2.60. The molecule has 0 bridgehead atoms. The third-order valence-corrected chi connectivity index (χ3v) is 4.37. The summed E-state index contributed by atoms with van der Waals surface area (Å²) in [6, 6.07) is 12.1. The van der Waals surface area contributed by atoms with E-state index < -0.39 is 0 Å². The van der Waals surface area contributed by atoms with E-state index in [2.05, 4.69) is 12.1 Å². The Bertz CT molecular complexity index is 677. The third-order valence-electron chi connectivity index (χ3n) is 4.37. The number of ether oxygens (including phenoxy) is 1. The Morgan fingerprint density at radius 2 is 1.83 bits per heavy atom. The topological polar surface area (TPSA) is 39.2 Å². The van der Waals surface area contributed by atoms with Gasteiger partial charge in [-0.3, -0.25) is 4.98 Å². The molecule has 1 aromatic carbocycles. The van der Waals surface area contributed by atoms with Crippen LogP contribution in [0, 0.1) is 0 Å². The van der Waals surface area contributed by atoms with Gasteiger partial charge in [0.25, 0.3) is 0 Å². The minimum atomic E-state index is -0.254. The van der Waals surface area contributed by atoms with Crippen molar-refractivity contribution in [3.05, 3.63) is 64.5 Å². The molecule has 0 radical (unpaired) electrons. The number of pyridine rings is 1. The van der Waals surface area contributed by atoms with Crippen molar-refractivity contribution < 1.29 is 9.53 Å². The molecule has 0 saturated heterocycles. The molecule has 3 rings (SSSR count). The van der Waals surface area contributed by atoms with Crippen LogP contribution < -0.4 is 0 Å². The van der Waals surface area contributed by atoms with Crippen LogP contribution in [-0.4, -0.2) is 17.6 Å². The Labute approximate surface area is 137 Å². The highest BCUT2D eigenvalue weighted by atomic mass is 16.5. The number of carbonyl (C=O) groups excluding carboxylic acids is 1. The van der Waals surface area contributed by atoms with Crippen molar-refractivity contribution in [2.75, 3.05) is 6.61 Å². The molecule has 23 heavy (non-hydrogen) atoms. The van der Waals surface area contributed by atoms with Crippen molar-refractivity contribution in [3.63, 3.8) is 0 Å². The van der Waals surface area contributed by atoms with Gasteiger partial charge in [-0.05, 0) is 74.8 Å². The second-order valence-corrected chi connectivity index (χ2v) is 6.03. The van der Waals surface area contributed by atoms with E-state index in [0.29, 0.717) is 12.2 Å². The summed E-state index contributed by atoms with van der Waals surface area (Å²) in [5, 5.41) is 0. The number of aryl methyl sites for hydroxylation is 4. The van der Waals surface area contributed by atoms with Gasteiger partial charge in [0.1, 0.15) is 0 Å². The van der Waals surface area contributed by atoms with Crippen molar-refractivity contribution in [2.45, 2.75) is 45.4 Å². The summed E-state index contributed by atoms with van der Waals surface area (Å²) in [5.41, 5.74) is 5.73. The molecule has 0 fully saturated rings. The quantitative estimate of drug-likeness (QED) is 0.786. The highest BCUT2D eigenvalue weighted by molar-refractivity contribution is 5.89. The van der Waals surface area contributed by atoms with Crippen molar-refractivity contribution >= 4 is 5.97 Å². The van der Waals surface area contributed by atoms with Crippen LogP contribution in [-0.2, 0) is 30.4 Å². The molecule has 1 aromatic heterocycles. The number of aromatic nitrogens is 1. The zero-order valence-corrected chi connectivity index (χ0v) is 13.7. The van der Waals surface area contributed by atoms with E-state index in [4.69, 9.17) is 9.72 Å². The second kappa shape index (κ2) is 7.40. The van der Waals surface area contributed by atoms with Gasteiger partial charge < -0.3 is 4.74 Å². The van der Waals surface area contributed by atoms with E-state index in [0.717, 1.165) is 19.3 Å². The summed E-state index contributed by atoms with van der Waals surface area (Å²) in [6.45, 7) is 2.22. The van der Waals surface area contributed by atoms with Gasteiger partial charge in [-0.1, -0.05) is 18.2 Å². The van der Waals surface area contributed by atoms with E-state index in [1.165, 1.54) is 41.8 Å². The molecular weight excluding hydrogens is 286 g/mol. The highest BCUT2D eigenvalue weighted by Gasteiger charge is 2.11. The van der Waals surface area contributed by atoms with Gasteiger partial charge in [-0.2, -0.15) is 0 Å². The molecule has 120 valence electrons. The van der Waals surface area contributed by atoms with Crippen LogP contribution >= 0.6 is 0 Å². The summed E-state index contributed by atoms with van der Waals surface area (Å²) < 4.78 is 5.00. The first-order valence-corrected chi connectivity index (χ1v) is 8.50. The highest BCUT2D eigenvalue weighted by Crippen LogP contribution is 2.20. The fourth-order valence-electron chi connectivity index (χ4n) is 3.06. The lowest BCUT2D eigenvalue weighted by molar-refractivity contribution is 0.0526. The standard InChI is InChI=1S/C20H23NO2/c1-2-23-20(22)17-10-7-15(8-11-17)9-13-18-14-12-16-5-3-4-6-19(16)21-18/h7-8,10-12,14H,2-6,9,13H2,1H3. The Balaban J connectivity index is 1.61. The van der Waals surface area contributed by atoms with Crippen LogP contribution in [0.5, 0.6) is 0 Å². The number of hydrogen-bond donors (Lipinski definition) is 0. The third kappa shape index (κ3) is 3.98. The van der Waals surface area contributed by atoms with Crippen LogP contribution in [0.25, 0.3) is 0 Å². The van der Waals surface area contributed by atoms with Crippen molar-refractivity contribution in [3.8, 4) is 0 Å². The molecule has 0 N–H and O–H groups in total. The SMILES string of the molecule is CCOC(=O)c1ccc(CCc2ccc3c(n2)CCCC3)cc1. The first-order chi connectivity index (χ1) is 11.3. The number of benzene rings is 1. The summed E-state index contributed by atoms with van der Waals surface area (Å²) in [4.78, 5) is 16.5. The number of esters is 1.